The van der Waals surface area contributed by atoms with E-state index in [4.69, 9.17) is 0 Å². The predicted octanol–water partition coefficient (Wildman–Crippen LogP) is 3.45. The van der Waals surface area contributed by atoms with Crippen LogP contribution in [0.1, 0.15) is 58.8 Å². The average molecular weight is 420 g/mol. The van der Waals surface area contributed by atoms with Crippen molar-refractivity contribution in [1.29, 1.82) is 0 Å². The number of carbonyl (C=O) groups excluding carboxylic acids is 2. The van der Waals surface area contributed by atoms with Gasteiger partial charge in [-0.15, -0.1) is 0 Å². The van der Waals surface area contributed by atoms with Gasteiger partial charge in [-0.3, -0.25) is 14.5 Å². The van der Waals surface area contributed by atoms with Gasteiger partial charge in [0.1, 0.15) is 0 Å². The van der Waals surface area contributed by atoms with Gasteiger partial charge in [-0.1, -0.05) is 37.3 Å². The highest BCUT2D eigenvalue weighted by molar-refractivity contribution is 5.96. The third kappa shape index (κ3) is 5.73. The summed E-state index contributed by atoms with van der Waals surface area (Å²) in [6, 6.07) is 14.2. The number of nitrogens with one attached hydrogen (secondary N) is 2. The van der Waals surface area contributed by atoms with E-state index >= 15 is 0 Å². The fraction of sp³-hybridized carbons (Fsp3) is 0.462. The Labute approximate surface area is 185 Å². The zero-order valence-corrected chi connectivity index (χ0v) is 18.5. The van der Waals surface area contributed by atoms with Gasteiger partial charge in [0.15, 0.2) is 0 Å². The van der Waals surface area contributed by atoms with Gasteiger partial charge < -0.3 is 10.6 Å². The Morgan fingerprint density at radius 1 is 0.968 bits per heavy atom. The first-order valence-electron chi connectivity index (χ1n) is 11.5. The number of amides is 2. The molecule has 0 spiro atoms. The summed E-state index contributed by atoms with van der Waals surface area (Å²) in [4.78, 5) is 27.3. The highest BCUT2D eigenvalue weighted by atomic mass is 16.2. The molecule has 0 bridgehead atoms. The average Bonchev–Trinajstić information content (AvgIpc) is 3.26. The quantitative estimate of drug-likeness (QED) is 0.723. The molecule has 2 N–H and O–H groups in total. The van der Waals surface area contributed by atoms with Gasteiger partial charge in [0, 0.05) is 18.7 Å². The van der Waals surface area contributed by atoms with E-state index in [2.05, 4.69) is 40.7 Å². The molecule has 0 atom stereocenters. The summed E-state index contributed by atoms with van der Waals surface area (Å²) >= 11 is 0. The molecule has 1 aliphatic heterocycles. The van der Waals surface area contributed by atoms with Crippen molar-refractivity contribution < 1.29 is 9.59 Å². The zero-order valence-electron chi connectivity index (χ0n) is 18.5. The highest BCUT2D eigenvalue weighted by Gasteiger charge is 2.17. The molecule has 4 rings (SSSR count). The highest BCUT2D eigenvalue weighted by Crippen LogP contribution is 2.23. The SMILES string of the molecule is CC1CCN(Cc2ccccc2CNC(=O)CNC(=O)c2ccc3c(c2)CCC3)CC1. The number of aryl methyl sites for hydroxylation is 2. The molecule has 5 nitrogen and oxygen atoms in total. The van der Waals surface area contributed by atoms with Gasteiger partial charge >= 0.3 is 0 Å². The maximum absolute atomic E-state index is 12.4. The molecule has 0 radical (unpaired) electrons. The molecule has 0 aromatic heterocycles. The summed E-state index contributed by atoms with van der Waals surface area (Å²) in [6.45, 7) is 5.99. The van der Waals surface area contributed by atoms with E-state index < -0.39 is 0 Å². The molecule has 2 aromatic rings. The zero-order chi connectivity index (χ0) is 21.6. The van der Waals surface area contributed by atoms with Crippen molar-refractivity contribution in [3.8, 4) is 0 Å². The smallest absolute Gasteiger partial charge is 0.251 e. The van der Waals surface area contributed by atoms with Crippen LogP contribution in [0.2, 0.25) is 0 Å². The van der Waals surface area contributed by atoms with E-state index in [0.717, 1.165) is 50.4 Å². The molecule has 2 amide bonds. The Morgan fingerprint density at radius 3 is 2.52 bits per heavy atom. The molecule has 2 aromatic carbocycles. The van der Waals surface area contributed by atoms with Gasteiger partial charge in [0.25, 0.3) is 5.91 Å². The van der Waals surface area contributed by atoms with Crippen molar-refractivity contribution in [2.24, 2.45) is 5.92 Å². The predicted molar refractivity (Wildman–Crippen MR) is 123 cm³/mol. The fourth-order valence-electron chi connectivity index (χ4n) is 4.58. The maximum atomic E-state index is 12.4. The Morgan fingerprint density at radius 2 is 1.71 bits per heavy atom. The second-order valence-electron chi connectivity index (χ2n) is 9.02. The van der Waals surface area contributed by atoms with E-state index in [1.807, 2.05) is 24.3 Å². The van der Waals surface area contributed by atoms with Crippen LogP contribution in [0.5, 0.6) is 0 Å². The number of nitrogens with zero attached hydrogens (tertiary/aromatic N) is 1. The molecule has 1 fully saturated rings. The summed E-state index contributed by atoms with van der Waals surface area (Å²) in [5.41, 5.74) is 5.64. The summed E-state index contributed by atoms with van der Waals surface area (Å²) in [5.74, 6) is 0.457. The normalized spacial score (nSPS) is 16.7. The van der Waals surface area contributed by atoms with E-state index in [-0.39, 0.29) is 18.4 Å². The van der Waals surface area contributed by atoms with E-state index in [0.29, 0.717) is 12.1 Å². The van der Waals surface area contributed by atoms with E-state index in [1.165, 1.54) is 29.5 Å². The van der Waals surface area contributed by atoms with Crippen LogP contribution in [-0.2, 0) is 30.7 Å². The first kappa shape index (κ1) is 21.6. The largest absolute Gasteiger partial charge is 0.350 e. The van der Waals surface area contributed by atoms with Gasteiger partial charge in [-0.2, -0.15) is 0 Å². The van der Waals surface area contributed by atoms with Gasteiger partial charge in [-0.05, 0) is 85.5 Å². The number of likely N-dealkylation sites (tertiary alicyclic amines) is 1. The van der Waals surface area contributed by atoms with Crippen LogP contribution in [0.25, 0.3) is 0 Å². The summed E-state index contributed by atoms with van der Waals surface area (Å²) < 4.78 is 0. The van der Waals surface area contributed by atoms with Crippen LogP contribution >= 0.6 is 0 Å². The molecular formula is C26H33N3O2. The number of fused-ring (bicyclic) bond motifs is 1. The van der Waals surface area contributed by atoms with Crippen molar-refractivity contribution >= 4 is 11.8 Å². The van der Waals surface area contributed by atoms with Crippen LogP contribution in [-0.4, -0.2) is 36.3 Å². The van der Waals surface area contributed by atoms with Crippen LogP contribution in [0, 0.1) is 5.92 Å². The van der Waals surface area contributed by atoms with Gasteiger partial charge in [0.2, 0.25) is 5.91 Å². The fourth-order valence-corrected chi connectivity index (χ4v) is 4.58. The van der Waals surface area contributed by atoms with Crippen LogP contribution in [0.4, 0.5) is 0 Å². The van der Waals surface area contributed by atoms with Crippen molar-refractivity contribution in [2.75, 3.05) is 19.6 Å². The van der Waals surface area contributed by atoms with Crippen molar-refractivity contribution in [3.63, 3.8) is 0 Å². The molecule has 2 aliphatic rings. The second kappa shape index (κ2) is 10.1. The number of benzene rings is 2. The van der Waals surface area contributed by atoms with Crippen molar-refractivity contribution in [3.05, 3.63) is 70.3 Å². The number of rotatable bonds is 7. The van der Waals surface area contributed by atoms with Crippen molar-refractivity contribution in [1.82, 2.24) is 15.5 Å². The van der Waals surface area contributed by atoms with Gasteiger partial charge in [-0.25, -0.2) is 0 Å². The molecule has 1 aliphatic carbocycles. The number of hydrogen-bond acceptors (Lipinski definition) is 3. The third-order valence-corrected chi connectivity index (χ3v) is 6.63. The molecule has 5 heteroatoms. The second-order valence-corrected chi connectivity index (χ2v) is 9.02. The van der Waals surface area contributed by atoms with E-state index in [9.17, 15) is 9.59 Å². The minimum atomic E-state index is -0.190. The van der Waals surface area contributed by atoms with E-state index in [1.54, 1.807) is 0 Å². The lowest BCUT2D eigenvalue weighted by Gasteiger charge is -2.30. The lowest BCUT2D eigenvalue weighted by molar-refractivity contribution is -0.120. The standard InChI is InChI=1S/C26H33N3O2/c1-19-11-13-29(14-12-19)18-24-6-3-2-5-23(24)16-27-25(30)17-28-26(31)22-10-9-20-7-4-8-21(20)15-22/h2-3,5-6,9-10,15,19H,4,7-8,11-14,16-18H2,1H3,(H,27,30)(H,28,31). The molecule has 1 saturated heterocycles. The molecular weight excluding hydrogens is 386 g/mol. The van der Waals surface area contributed by atoms with Crippen molar-refractivity contribution in [2.45, 2.75) is 52.1 Å². The lowest BCUT2D eigenvalue weighted by Crippen LogP contribution is -2.37. The Balaban J connectivity index is 1.26. The number of piperidine rings is 1. The van der Waals surface area contributed by atoms with Crippen LogP contribution in [0.3, 0.4) is 0 Å². The van der Waals surface area contributed by atoms with Crippen LogP contribution in [0.15, 0.2) is 42.5 Å². The summed E-state index contributed by atoms with van der Waals surface area (Å²) in [5, 5.41) is 5.71. The third-order valence-electron chi connectivity index (χ3n) is 6.63. The van der Waals surface area contributed by atoms with Gasteiger partial charge in [0.05, 0.1) is 6.54 Å². The lowest BCUT2D eigenvalue weighted by atomic mass is 9.98. The minimum Gasteiger partial charge on any atom is -0.350 e. The molecule has 0 unspecified atom stereocenters. The number of carbonyl (C=O) groups is 2. The first-order chi connectivity index (χ1) is 15.1. The Bertz CT molecular complexity index is 932. The maximum Gasteiger partial charge on any atom is 0.251 e. The summed E-state index contributed by atoms with van der Waals surface area (Å²) in [7, 11) is 0. The first-order valence-corrected chi connectivity index (χ1v) is 11.5. The Hall–Kier alpha value is -2.66. The number of hydrogen-bond donors (Lipinski definition) is 2. The molecule has 31 heavy (non-hydrogen) atoms. The monoisotopic (exact) mass is 419 g/mol. The molecule has 164 valence electrons. The minimum absolute atomic E-state index is 0.0118. The molecule has 1 heterocycles. The topological polar surface area (TPSA) is 61.4 Å². The molecule has 0 saturated carbocycles. The van der Waals surface area contributed by atoms with Crippen LogP contribution < -0.4 is 10.6 Å². The Kier molecular flexibility index (Phi) is 7.03. The summed E-state index contributed by atoms with van der Waals surface area (Å²) in [6.07, 6.45) is 5.79.